The Balaban J connectivity index is 1.83. The van der Waals surface area contributed by atoms with Crippen LogP contribution in [-0.2, 0) is 4.79 Å². The molecule has 0 aliphatic carbocycles. The van der Waals surface area contributed by atoms with Crippen molar-refractivity contribution in [3.05, 3.63) is 65.2 Å². The van der Waals surface area contributed by atoms with E-state index < -0.39 is 0 Å². The molecule has 112 valence electrons. The molecule has 1 saturated heterocycles. The topological polar surface area (TPSA) is 29.5 Å². The average molecular weight is 293 g/mol. The molecule has 2 unspecified atom stereocenters. The van der Waals surface area contributed by atoms with Crippen LogP contribution in [0.4, 0.5) is 0 Å². The van der Waals surface area contributed by atoms with Crippen molar-refractivity contribution in [1.29, 1.82) is 0 Å². The number of hydrogen-bond acceptors (Lipinski definition) is 2. The number of carbonyl (C=O) groups is 1. The Morgan fingerprint density at radius 3 is 2.50 bits per heavy atom. The molecular formula is C19H19NO2. The van der Waals surface area contributed by atoms with Gasteiger partial charge in [-0.2, -0.15) is 0 Å². The molecule has 2 aromatic carbocycles. The molecule has 0 bridgehead atoms. The van der Waals surface area contributed by atoms with Crippen molar-refractivity contribution < 1.29 is 9.53 Å². The number of hydrogen-bond donors (Lipinski definition) is 0. The fraction of sp³-hybridized carbons (Fsp3) is 0.316. The van der Waals surface area contributed by atoms with E-state index in [-0.39, 0.29) is 17.9 Å². The third-order valence-electron chi connectivity index (χ3n) is 4.90. The van der Waals surface area contributed by atoms with E-state index in [0.717, 1.165) is 30.7 Å². The lowest BCUT2D eigenvalue weighted by Gasteiger charge is -2.37. The van der Waals surface area contributed by atoms with Crippen molar-refractivity contribution in [3.8, 4) is 5.75 Å². The van der Waals surface area contributed by atoms with Gasteiger partial charge in [-0.15, -0.1) is 0 Å². The van der Waals surface area contributed by atoms with Crippen LogP contribution in [-0.4, -0.2) is 24.5 Å². The first-order chi connectivity index (χ1) is 10.8. The number of amides is 1. The molecule has 1 amide bonds. The van der Waals surface area contributed by atoms with E-state index in [2.05, 4.69) is 23.1 Å². The average Bonchev–Trinajstić information content (AvgIpc) is 3.06. The number of benzene rings is 2. The highest BCUT2D eigenvalue weighted by molar-refractivity contribution is 5.90. The van der Waals surface area contributed by atoms with Crippen LogP contribution >= 0.6 is 0 Å². The van der Waals surface area contributed by atoms with Gasteiger partial charge in [-0.05, 0) is 41.7 Å². The Morgan fingerprint density at radius 1 is 1.05 bits per heavy atom. The van der Waals surface area contributed by atoms with Crippen molar-refractivity contribution in [2.24, 2.45) is 0 Å². The van der Waals surface area contributed by atoms with E-state index in [4.69, 9.17) is 4.74 Å². The van der Waals surface area contributed by atoms with Crippen LogP contribution in [0, 0.1) is 0 Å². The minimum atomic E-state index is -0.184. The van der Waals surface area contributed by atoms with Gasteiger partial charge in [0.2, 0.25) is 5.91 Å². The van der Waals surface area contributed by atoms with E-state index in [9.17, 15) is 4.79 Å². The Labute approximate surface area is 130 Å². The Hall–Kier alpha value is -2.29. The quantitative estimate of drug-likeness (QED) is 0.848. The lowest BCUT2D eigenvalue weighted by atomic mass is 9.81. The number of ether oxygens (including phenoxy) is 1. The molecule has 0 spiro atoms. The minimum absolute atomic E-state index is 0.184. The fourth-order valence-corrected chi connectivity index (χ4v) is 3.85. The molecule has 2 aliphatic heterocycles. The molecule has 2 aliphatic rings. The van der Waals surface area contributed by atoms with Gasteiger partial charge in [0, 0.05) is 6.54 Å². The molecule has 4 rings (SSSR count). The maximum Gasteiger partial charge on any atom is 0.235 e. The number of methoxy groups -OCH3 is 1. The van der Waals surface area contributed by atoms with Crippen molar-refractivity contribution >= 4 is 5.91 Å². The molecule has 0 radical (unpaired) electrons. The van der Waals surface area contributed by atoms with Crippen LogP contribution in [0.5, 0.6) is 5.75 Å². The number of carbonyl (C=O) groups excluding carboxylic acids is 1. The summed E-state index contributed by atoms with van der Waals surface area (Å²) in [7, 11) is 1.66. The molecule has 2 atom stereocenters. The first-order valence-corrected chi connectivity index (χ1v) is 7.83. The summed E-state index contributed by atoms with van der Waals surface area (Å²) in [4.78, 5) is 15.1. The highest BCUT2D eigenvalue weighted by Gasteiger charge is 2.41. The SMILES string of the molecule is COc1ccc(C2C(=O)N3CCCC3c3ccccc32)cc1. The van der Waals surface area contributed by atoms with Gasteiger partial charge < -0.3 is 9.64 Å². The van der Waals surface area contributed by atoms with Gasteiger partial charge in [0.25, 0.3) is 0 Å². The van der Waals surface area contributed by atoms with Crippen LogP contribution in [0.1, 0.15) is 41.5 Å². The molecule has 0 aromatic heterocycles. The van der Waals surface area contributed by atoms with Crippen molar-refractivity contribution in [3.63, 3.8) is 0 Å². The molecule has 3 nitrogen and oxygen atoms in total. The second-order valence-electron chi connectivity index (χ2n) is 6.02. The van der Waals surface area contributed by atoms with Crippen molar-refractivity contribution in [1.82, 2.24) is 4.90 Å². The molecule has 22 heavy (non-hydrogen) atoms. The molecule has 0 saturated carbocycles. The predicted octanol–water partition coefficient (Wildman–Crippen LogP) is 3.50. The summed E-state index contributed by atoms with van der Waals surface area (Å²) < 4.78 is 5.23. The third-order valence-corrected chi connectivity index (χ3v) is 4.90. The smallest absolute Gasteiger partial charge is 0.235 e. The van der Waals surface area contributed by atoms with Crippen LogP contribution in [0.3, 0.4) is 0 Å². The van der Waals surface area contributed by atoms with Gasteiger partial charge in [0.15, 0.2) is 0 Å². The summed E-state index contributed by atoms with van der Waals surface area (Å²) in [6.45, 7) is 0.879. The Kier molecular flexibility index (Phi) is 3.14. The maximum atomic E-state index is 13.0. The van der Waals surface area contributed by atoms with Crippen LogP contribution in [0.15, 0.2) is 48.5 Å². The highest BCUT2D eigenvalue weighted by atomic mass is 16.5. The summed E-state index contributed by atoms with van der Waals surface area (Å²) in [6, 6.07) is 16.6. The zero-order chi connectivity index (χ0) is 15.1. The molecule has 0 N–H and O–H groups in total. The van der Waals surface area contributed by atoms with Crippen LogP contribution in [0.25, 0.3) is 0 Å². The van der Waals surface area contributed by atoms with Crippen molar-refractivity contribution in [2.45, 2.75) is 24.8 Å². The molecule has 3 heteroatoms. The lowest BCUT2D eigenvalue weighted by molar-refractivity contribution is -0.133. The number of nitrogens with zero attached hydrogens (tertiary/aromatic N) is 1. The first kappa shape index (κ1) is 13.4. The molecular weight excluding hydrogens is 274 g/mol. The zero-order valence-corrected chi connectivity index (χ0v) is 12.7. The van der Waals surface area contributed by atoms with Crippen LogP contribution in [0.2, 0.25) is 0 Å². The van der Waals surface area contributed by atoms with E-state index in [1.807, 2.05) is 30.3 Å². The van der Waals surface area contributed by atoms with Gasteiger partial charge in [0.05, 0.1) is 19.1 Å². The van der Waals surface area contributed by atoms with E-state index >= 15 is 0 Å². The minimum Gasteiger partial charge on any atom is -0.497 e. The Bertz CT molecular complexity index is 708. The summed E-state index contributed by atoms with van der Waals surface area (Å²) in [5, 5.41) is 0. The second-order valence-corrected chi connectivity index (χ2v) is 6.02. The van der Waals surface area contributed by atoms with Gasteiger partial charge in [-0.1, -0.05) is 36.4 Å². The fourth-order valence-electron chi connectivity index (χ4n) is 3.85. The van der Waals surface area contributed by atoms with E-state index in [0.29, 0.717) is 0 Å². The van der Waals surface area contributed by atoms with E-state index in [1.165, 1.54) is 11.1 Å². The van der Waals surface area contributed by atoms with Gasteiger partial charge in [-0.25, -0.2) is 0 Å². The standard InChI is InChI=1S/C19H19NO2/c1-22-14-10-8-13(9-11-14)18-16-6-3-2-5-15(16)17-7-4-12-20(17)19(18)21/h2-3,5-6,8-11,17-18H,4,7,12H2,1H3. The molecule has 2 heterocycles. The normalized spacial score (nSPS) is 23.1. The van der Waals surface area contributed by atoms with Gasteiger partial charge in [-0.3, -0.25) is 4.79 Å². The first-order valence-electron chi connectivity index (χ1n) is 7.83. The zero-order valence-electron chi connectivity index (χ0n) is 12.7. The summed E-state index contributed by atoms with van der Waals surface area (Å²) in [5.74, 6) is 0.877. The number of fused-ring (bicyclic) bond motifs is 3. The summed E-state index contributed by atoms with van der Waals surface area (Å²) in [5.41, 5.74) is 3.53. The van der Waals surface area contributed by atoms with Gasteiger partial charge in [0.1, 0.15) is 5.75 Å². The third kappa shape index (κ3) is 1.92. The van der Waals surface area contributed by atoms with Crippen LogP contribution < -0.4 is 4.74 Å². The highest BCUT2D eigenvalue weighted by Crippen LogP contribution is 2.44. The molecule has 1 fully saturated rings. The lowest BCUT2D eigenvalue weighted by Crippen LogP contribution is -2.40. The predicted molar refractivity (Wildman–Crippen MR) is 85.0 cm³/mol. The second kappa shape index (κ2) is 5.16. The largest absolute Gasteiger partial charge is 0.497 e. The maximum absolute atomic E-state index is 13.0. The Morgan fingerprint density at radius 2 is 1.77 bits per heavy atom. The monoisotopic (exact) mass is 293 g/mol. The number of rotatable bonds is 2. The van der Waals surface area contributed by atoms with E-state index in [1.54, 1.807) is 7.11 Å². The summed E-state index contributed by atoms with van der Waals surface area (Å²) >= 11 is 0. The summed E-state index contributed by atoms with van der Waals surface area (Å²) in [6.07, 6.45) is 2.18. The molecule has 2 aromatic rings. The van der Waals surface area contributed by atoms with Crippen molar-refractivity contribution in [2.75, 3.05) is 13.7 Å². The van der Waals surface area contributed by atoms with Gasteiger partial charge >= 0.3 is 0 Å².